The fraction of sp³-hybridized carbons (Fsp3) is 0.500. The summed E-state index contributed by atoms with van der Waals surface area (Å²) in [6.45, 7) is 3.22. The summed E-state index contributed by atoms with van der Waals surface area (Å²) in [5.41, 5.74) is 6.90. The third-order valence-electron chi connectivity index (χ3n) is 2.86. The van der Waals surface area contributed by atoms with Gasteiger partial charge < -0.3 is 15.4 Å². The van der Waals surface area contributed by atoms with Crippen LogP contribution in [-0.2, 0) is 4.74 Å². The SMILES string of the molecule is NCCN(c1cccc(Br)c1)C1CCOC1. The van der Waals surface area contributed by atoms with Crippen LogP contribution in [0.5, 0.6) is 0 Å². The standard InChI is InChI=1S/C12H17BrN2O/c13-10-2-1-3-11(8-10)15(6-5-14)12-4-7-16-9-12/h1-3,8,12H,4-7,9,14H2. The van der Waals surface area contributed by atoms with Gasteiger partial charge in [-0.25, -0.2) is 0 Å². The van der Waals surface area contributed by atoms with Gasteiger partial charge in [-0.2, -0.15) is 0 Å². The van der Waals surface area contributed by atoms with Crippen LogP contribution in [0.15, 0.2) is 28.7 Å². The molecule has 3 nitrogen and oxygen atoms in total. The quantitative estimate of drug-likeness (QED) is 0.919. The average molecular weight is 285 g/mol. The van der Waals surface area contributed by atoms with Gasteiger partial charge in [-0.15, -0.1) is 0 Å². The van der Waals surface area contributed by atoms with Crippen LogP contribution in [0.25, 0.3) is 0 Å². The molecule has 0 aliphatic carbocycles. The molecule has 0 aromatic heterocycles. The maximum Gasteiger partial charge on any atom is 0.0670 e. The van der Waals surface area contributed by atoms with E-state index in [0.717, 1.165) is 30.7 Å². The average Bonchev–Trinajstić information content (AvgIpc) is 2.79. The Labute approximate surface area is 105 Å². The predicted molar refractivity (Wildman–Crippen MR) is 69.8 cm³/mol. The minimum absolute atomic E-state index is 0.470. The van der Waals surface area contributed by atoms with E-state index < -0.39 is 0 Å². The topological polar surface area (TPSA) is 38.5 Å². The van der Waals surface area contributed by atoms with Crippen molar-refractivity contribution in [3.63, 3.8) is 0 Å². The molecule has 1 aliphatic rings. The molecule has 1 unspecified atom stereocenters. The van der Waals surface area contributed by atoms with Crippen LogP contribution in [0.3, 0.4) is 0 Å². The van der Waals surface area contributed by atoms with E-state index in [4.69, 9.17) is 10.5 Å². The number of hydrogen-bond donors (Lipinski definition) is 1. The lowest BCUT2D eigenvalue weighted by Gasteiger charge is -2.30. The van der Waals surface area contributed by atoms with E-state index >= 15 is 0 Å². The molecule has 4 heteroatoms. The molecule has 1 aromatic rings. The second kappa shape index (κ2) is 5.66. The second-order valence-electron chi connectivity index (χ2n) is 3.98. The number of anilines is 1. The van der Waals surface area contributed by atoms with E-state index in [0.29, 0.717) is 12.6 Å². The van der Waals surface area contributed by atoms with Gasteiger partial charge in [-0.1, -0.05) is 22.0 Å². The van der Waals surface area contributed by atoms with Gasteiger partial charge in [0.15, 0.2) is 0 Å². The zero-order valence-corrected chi connectivity index (χ0v) is 10.8. The highest BCUT2D eigenvalue weighted by molar-refractivity contribution is 9.10. The van der Waals surface area contributed by atoms with Crippen molar-refractivity contribution in [2.24, 2.45) is 5.73 Å². The number of nitrogens with zero attached hydrogens (tertiary/aromatic N) is 1. The van der Waals surface area contributed by atoms with Gasteiger partial charge in [0.05, 0.1) is 12.6 Å². The first-order valence-electron chi connectivity index (χ1n) is 5.61. The van der Waals surface area contributed by atoms with E-state index in [1.807, 2.05) is 6.07 Å². The summed E-state index contributed by atoms with van der Waals surface area (Å²) in [5.74, 6) is 0. The van der Waals surface area contributed by atoms with Crippen LogP contribution in [0, 0.1) is 0 Å². The van der Waals surface area contributed by atoms with Crippen molar-refractivity contribution < 1.29 is 4.74 Å². The van der Waals surface area contributed by atoms with Crippen LogP contribution in [0.1, 0.15) is 6.42 Å². The zero-order valence-electron chi connectivity index (χ0n) is 9.23. The Balaban J connectivity index is 2.17. The second-order valence-corrected chi connectivity index (χ2v) is 4.90. The van der Waals surface area contributed by atoms with Gasteiger partial charge in [0.2, 0.25) is 0 Å². The summed E-state index contributed by atoms with van der Waals surface area (Å²) < 4.78 is 6.54. The minimum atomic E-state index is 0.470. The van der Waals surface area contributed by atoms with E-state index in [1.165, 1.54) is 5.69 Å². The molecule has 1 heterocycles. The van der Waals surface area contributed by atoms with Crippen molar-refractivity contribution in [2.45, 2.75) is 12.5 Å². The first-order chi connectivity index (χ1) is 7.81. The maximum absolute atomic E-state index is 5.68. The first-order valence-corrected chi connectivity index (χ1v) is 6.40. The van der Waals surface area contributed by atoms with Crippen LogP contribution in [0.2, 0.25) is 0 Å². The fourth-order valence-electron chi connectivity index (χ4n) is 2.08. The Bertz CT molecular complexity index is 340. The van der Waals surface area contributed by atoms with Crippen LogP contribution < -0.4 is 10.6 Å². The number of benzene rings is 1. The molecule has 1 saturated heterocycles. The summed E-state index contributed by atoms with van der Waals surface area (Å²) >= 11 is 3.50. The summed E-state index contributed by atoms with van der Waals surface area (Å²) in [5, 5.41) is 0. The molecule has 2 rings (SSSR count). The molecule has 88 valence electrons. The molecule has 1 atom stereocenters. The highest BCUT2D eigenvalue weighted by Crippen LogP contribution is 2.24. The molecule has 1 fully saturated rings. The first kappa shape index (κ1) is 11.9. The molecule has 0 saturated carbocycles. The van der Waals surface area contributed by atoms with Crippen molar-refractivity contribution >= 4 is 21.6 Å². The third kappa shape index (κ3) is 2.75. The highest BCUT2D eigenvalue weighted by Gasteiger charge is 2.22. The fourth-order valence-corrected chi connectivity index (χ4v) is 2.47. The van der Waals surface area contributed by atoms with Crippen molar-refractivity contribution in [2.75, 3.05) is 31.2 Å². The summed E-state index contributed by atoms with van der Waals surface area (Å²) in [7, 11) is 0. The Morgan fingerprint density at radius 3 is 3.00 bits per heavy atom. The molecule has 0 radical (unpaired) electrons. The lowest BCUT2D eigenvalue weighted by Crippen LogP contribution is -2.39. The van der Waals surface area contributed by atoms with Gasteiger partial charge in [0, 0.05) is 29.9 Å². The van der Waals surface area contributed by atoms with Gasteiger partial charge in [0.25, 0.3) is 0 Å². The molecule has 0 spiro atoms. The van der Waals surface area contributed by atoms with E-state index in [9.17, 15) is 0 Å². The number of rotatable bonds is 4. The Morgan fingerprint density at radius 2 is 2.38 bits per heavy atom. The van der Waals surface area contributed by atoms with E-state index in [1.54, 1.807) is 0 Å². The molecular formula is C12H17BrN2O. The summed E-state index contributed by atoms with van der Waals surface area (Å²) in [6.07, 6.45) is 1.09. The summed E-state index contributed by atoms with van der Waals surface area (Å²) in [4.78, 5) is 2.35. The highest BCUT2D eigenvalue weighted by atomic mass is 79.9. The molecule has 1 aliphatic heterocycles. The third-order valence-corrected chi connectivity index (χ3v) is 3.35. The minimum Gasteiger partial charge on any atom is -0.379 e. The van der Waals surface area contributed by atoms with E-state index in [-0.39, 0.29) is 0 Å². The van der Waals surface area contributed by atoms with Crippen LogP contribution in [0.4, 0.5) is 5.69 Å². The van der Waals surface area contributed by atoms with Crippen LogP contribution in [-0.4, -0.2) is 32.3 Å². The molecular weight excluding hydrogens is 268 g/mol. The Kier molecular flexibility index (Phi) is 4.21. The molecule has 0 amide bonds. The summed E-state index contributed by atoms with van der Waals surface area (Å²) in [6, 6.07) is 8.82. The predicted octanol–water partition coefficient (Wildman–Crippen LogP) is 2.00. The monoisotopic (exact) mass is 284 g/mol. The molecule has 0 bridgehead atoms. The van der Waals surface area contributed by atoms with Gasteiger partial charge >= 0.3 is 0 Å². The zero-order chi connectivity index (χ0) is 11.4. The number of ether oxygens (including phenoxy) is 1. The molecule has 1 aromatic carbocycles. The number of halogens is 1. The lowest BCUT2D eigenvalue weighted by molar-refractivity contribution is 0.193. The van der Waals surface area contributed by atoms with Crippen molar-refractivity contribution in [3.8, 4) is 0 Å². The van der Waals surface area contributed by atoms with Gasteiger partial charge in [0.1, 0.15) is 0 Å². The van der Waals surface area contributed by atoms with E-state index in [2.05, 4.69) is 39.0 Å². The number of hydrogen-bond acceptors (Lipinski definition) is 3. The van der Waals surface area contributed by atoms with Gasteiger partial charge in [-0.3, -0.25) is 0 Å². The van der Waals surface area contributed by atoms with Crippen LogP contribution >= 0.6 is 15.9 Å². The van der Waals surface area contributed by atoms with Gasteiger partial charge in [-0.05, 0) is 24.6 Å². The smallest absolute Gasteiger partial charge is 0.0670 e. The van der Waals surface area contributed by atoms with Crippen molar-refractivity contribution in [1.29, 1.82) is 0 Å². The Hall–Kier alpha value is -0.580. The largest absolute Gasteiger partial charge is 0.379 e. The lowest BCUT2D eigenvalue weighted by atomic mass is 10.2. The Morgan fingerprint density at radius 1 is 1.50 bits per heavy atom. The number of nitrogens with two attached hydrogens (primary N) is 1. The van der Waals surface area contributed by atoms with Crippen molar-refractivity contribution in [1.82, 2.24) is 0 Å². The maximum atomic E-state index is 5.68. The molecule has 2 N–H and O–H groups in total. The normalized spacial score (nSPS) is 20.0. The van der Waals surface area contributed by atoms with Crippen molar-refractivity contribution in [3.05, 3.63) is 28.7 Å². The molecule has 16 heavy (non-hydrogen) atoms.